The first kappa shape index (κ1) is 14.0. The lowest BCUT2D eigenvalue weighted by molar-refractivity contribution is 0.432. The fourth-order valence-electron chi connectivity index (χ4n) is 0.967. The minimum absolute atomic E-state index is 0.0310. The van der Waals surface area contributed by atoms with Gasteiger partial charge in [-0.15, -0.1) is 0 Å². The van der Waals surface area contributed by atoms with Crippen molar-refractivity contribution in [1.82, 2.24) is 4.72 Å². The smallest absolute Gasteiger partial charge is 0.207 e. The van der Waals surface area contributed by atoms with Gasteiger partial charge in [-0.3, -0.25) is 0 Å². The van der Waals surface area contributed by atoms with E-state index in [1.165, 1.54) is 0 Å². The van der Waals surface area contributed by atoms with E-state index in [0.717, 1.165) is 0 Å². The molecule has 0 saturated carbocycles. The van der Waals surface area contributed by atoms with Gasteiger partial charge in [0.05, 0.1) is 0 Å². The molecule has 0 aliphatic carbocycles. The van der Waals surface area contributed by atoms with Crippen molar-refractivity contribution in [3.63, 3.8) is 0 Å². The van der Waals surface area contributed by atoms with Crippen LogP contribution in [0, 0.1) is 17.5 Å². The summed E-state index contributed by atoms with van der Waals surface area (Å²) in [5, 5.41) is -0.0310. The molecule has 94 valence electrons. The molecule has 1 N–H and O–H groups in total. The lowest BCUT2D eigenvalue weighted by Crippen LogP contribution is -2.26. The van der Waals surface area contributed by atoms with Gasteiger partial charge in [0.1, 0.15) is 4.90 Å². The van der Waals surface area contributed by atoms with Gasteiger partial charge in [-0.2, -0.15) is 0 Å². The zero-order valence-corrected chi connectivity index (χ0v) is 9.88. The molecule has 0 bridgehead atoms. The molecule has 1 aromatic rings. The summed E-state index contributed by atoms with van der Waals surface area (Å²) < 4.78 is 63.5. The van der Waals surface area contributed by atoms with Crippen LogP contribution >= 0.6 is 11.6 Å². The molecule has 0 aliphatic heterocycles. The topological polar surface area (TPSA) is 46.2 Å². The lowest BCUT2D eigenvalue weighted by Gasteiger charge is -2.07. The predicted molar refractivity (Wildman–Crippen MR) is 56.5 cm³/mol. The average Bonchev–Trinajstić information content (AvgIpc) is 2.23. The summed E-state index contributed by atoms with van der Waals surface area (Å²) in [5.41, 5.74) is 0. The first-order valence-electron chi connectivity index (χ1n) is 4.22. The number of halogens is 4. The Morgan fingerprint density at radius 1 is 1.29 bits per heavy atom. The largest absolute Gasteiger partial charge is 0.243 e. The number of hydrogen-bond donors (Lipinski definition) is 1. The summed E-state index contributed by atoms with van der Waals surface area (Å²) in [4.78, 5) is -0.991. The van der Waals surface area contributed by atoms with Crippen molar-refractivity contribution in [3.8, 4) is 0 Å². The highest BCUT2D eigenvalue weighted by atomic mass is 35.5. The van der Waals surface area contributed by atoms with Crippen LogP contribution in [0.2, 0.25) is 0 Å². The predicted octanol–water partition coefficient (Wildman–Crippen LogP) is 2.13. The van der Waals surface area contributed by atoms with Crippen LogP contribution < -0.4 is 4.72 Å². The van der Waals surface area contributed by atoms with E-state index in [4.69, 9.17) is 11.6 Å². The van der Waals surface area contributed by atoms with Gasteiger partial charge in [0, 0.05) is 11.6 Å². The quantitative estimate of drug-likeness (QED) is 0.862. The Kier molecular flexibility index (Phi) is 4.18. The molecule has 0 saturated heterocycles. The maximum absolute atomic E-state index is 13.2. The summed E-state index contributed by atoms with van der Waals surface area (Å²) >= 11 is 5.32. The van der Waals surface area contributed by atoms with Crippen LogP contribution in [0.4, 0.5) is 13.2 Å². The Labute approximate surface area is 101 Å². The molecular weight excluding hydrogens is 279 g/mol. The second-order valence-electron chi connectivity index (χ2n) is 3.02. The fraction of sp³-hybridized carbons (Fsp3) is 0.111. The number of hydrogen-bond acceptors (Lipinski definition) is 2. The van der Waals surface area contributed by atoms with E-state index < -0.39 is 32.4 Å². The first-order chi connectivity index (χ1) is 7.75. The monoisotopic (exact) mass is 285 g/mol. The molecule has 0 atom stereocenters. The zero-order valence-electron chi connectivity index (χ0n) is 8.31. The highest BCUT2D eigenvalue weighted by Crippen LogP contribution is 2.19. The Morgan fingerprint density at radius 2 is 1.88 bits per heavy atom. The molecule has 0 radical (unpaired) electrons. The van der Waals surface area contributed by atoms with Crippen molar-refractivity contribution < 1.29 is 21.6 Å². The molecule has 1 rings (SSSR count). The number of sulfonamides is 1. The summed E-state index contributed by atoms with van der Waals surface area (Å²) in [6.07, 6.45) is 0. The van der Waals surface area contributed by atoms with Crippen LogP contribution in [0.1, 0.15) is 0 Å². The summed E-state index contributed by atoms with van der Waals surface area (Å²) in [7, 11) is -4.30. The van der Waals surface area contributed by atoms with Crippen LogP contribution in [0.25, 0.3) is 0 Å². The summed E-state index contributed by atoms with van der Waals surface area (Å²) in [5.74, 6) is -5.10. The molecular formula is C9H7ClF3NO2S. The summed E-state index contributed by atoms with van der Waals surface area (Å²) in [6, 6.07) is 1.13. The Morgan fingerprint density at radius 3 is 2.41 bits per heavy atom. The van der Waals surface area contributed by atoms with Gasteiger partial charge in [0.25, 0.3) is 0 Å². The van der Waals surface area contributed by atoms with Gasteiger partial charge < -0.3 is 0 Å². The molecule has 0 fully saturated rings. The molecule has 3 nitrogen and oxygen atoms in total. The van der Waals surface area contributed by atoms with Crippen LogP contribution in [-0.2, 0) is 10.0 Å². The molecule has 0 spiro atoms. The third-order valence-corrected chi connectivity index (χ3v) is 3.30. The Bertz CT molecular complexity index is 560. The number of nitrogens with one attached hydrogen (secondary N) is 1. The van der Waals surface area contributed by atoms with E-state index in [9.17, 15) is 21.6 Å². The van der Waals surface area contributed by atoms with Crippen molar-refractivity contribution in [2.45, 2.75) is 4.90 Å². The third-order valence-electron chi connectivity index (χ3n) is 1.74. The molecule has 0 aromatic heterocycles. The third kappa shape index (κ3) is 3.21. The van der Waals surface area contributed by atoms with Crippen LogP contribution in [0.5, 0.6) is 0 Å². The SMILES string of the molecule is C=C(Cl)CNS(=O)(=O)c1ccc(F)c(F)c1F. The molecule has 0 heterocycles. The maximum atomic E-state index is 13.2. The minimum Gasteiger partial charge on any atom is -0.207 e. The fourth-order valence-corrected chi connectivity index (χ4v) is 2.21. The van der Waals surface area contributed by atoms with E-state index in [1.807, 2.05) is 4.72 Å². The Hall–Kier alpha value is -1.05. The van der Waals surface area contributed by atoms with Gasteiger partial charge in [-0.1, -0.05) is 18.2 Å². The van der Waals surface area contributed by atoms with Gasteiger partial charge in [0.15, 0.2) is 17.5 Å². The van der Waals surface area contributed by atoms with Gasteiger partial charge in [0.2, 0.25) is 10.0 Å². The van der Waals surface area contributed by atoms with Crippen molar-refractivity contribution >= 4 is 21.6 Å². The van der Waals surface area contributed by atoms with Gasteiger partial charge in [-0.25, -0.2) is 26.3 Å². The molecule has 1 aromatic carbocycles. The standard InChI is InChI=1S/C9H7ClF3NO2S/c1-5(10)4-14-17(15,16)7-3-2-6(11)8(12)9(7)13/h2-3,14H,1,4H2. The summed E-state index contributed by atoms with van der Waals surface area (Å²) in [6.45, 7) is 2.87. The minimum atomic E-state index is -4.30. The van der Waals surface area contributed by atoms with Crippen molar-refractivity contribution in [2.75, 3.05) is 6.54 Å². The molecule has 8 heteroatoms. The zero-order chi connectivity index (χ0) is 13.2. The molecule has 17 heavy (non-hydrogen) atoms. The molecule has 0 unspecified atom stereocenters. The van der Waals surface area contributed by atoms with Gasteiger partial charge in [-0.05, 0) is 12.1 Å². The normalized spacial score (nSPS) is 11.5. The molecule has 0 amide bonds. The van der Waals surface area contributed by atoms with Crippen molar-refractivity contribution in [3.05, 3.63) is 41.2 Å². The van der Waals surface area contributed by atoms with E-state index >= 15 is 0 Å². The van der Waals surface area contributed by atoms with Gasteiger partial charge >= 0.3 is 0 Å². The highest BCUT2D eigenvalue weighted by Gasteiger charge is 2.23. The first-order valence-corrected chi connectivity index (χ1v) is 6.08. The van der Waals surface area contributed by atoms with Crippen LogP contribution in [0.3, 0.4) is 0 Å². The van der Waals surface area contributed by atoms with E-state index in [2.05, 4.69) is 6.58 Å². The van der Waals surface area contributed by atoms with Crippen molar-refractivity contribution in [2.24, 2.45) is 0 Å². The van der Waals surface area contributed by atoms with Crippen LogP contribution in [0.15, 0.2) is 28.6 Å². The number of rotatable bonds is 4. The highest BCUT2D eigenvalue weighted by molar-refractivity contribution is 7.89. The van der Waals surface area contributed by atoms with E-state index in [0.29, 0.717) is 12.1 Å². The second-order valence-corrected chi connectivity index (χ2v) is 5.29. The van der Waals surface area contributed by atoms with Crippen LogP contribution in [-0.4, -0.2) is 15.0 Å². The van der Waals surface area contributed by atoms with E-state index in [1.54, 1.807) is 0 Å². The second kappa shape index (κ2) is 5.07. The Balaban J connectivity index is 3.16. The molecule has 0 aliphatic rings. The average molecular weight is 286 g/mol. The lowest BCUT2D eigenvalue weighted by atomic mass is 10.3. The van der Waals surface area contributed by atoms with E-state index in [-0.39, 0.29) is 11.6 Å². The van der Waals surface area contributed by atoms with Crippen molar-refractivity contribution in [1.29, 1.82) is 0 Å². The number of benzene rings is 1. The maximum Gasteiger partial charge on any atom is 0.243 e.